The maximum atomic E-state index is 13.4. The van der Waals surface area contributed by atoms with Gasteiger partial charge in [-0.15, -0.1) is 5.10 Å². The number of rotatable bonds is 7. The molecule has 0 aliphatic heterocycles. The minimum atomic E-state index is -0.382. The normalized spacial score (nSPS) is 11.4. The molecular weight excluding hydrogens is 385 g/mol. The summed E-state index contributed by atoms with van der Waals surface area (Å²) in [5.41, 5.74) is 1.76. The summed E-state index contributed by atoms with van der Waals surface area (Å²) < 4.78 is 20.1. The van der Waals surface area contributed by atoms with E-state index in [4.69, 9.17) is 4.42 Å². The summed E-state index contributed by atoms with van der Waals surface area (Å²) in [7, 11) is 0. The van der Waals surface area contributed by atoms with Crippen LogP contribution < -0.4 is 5.32 Å². The lowest BCUT2D eigenvalue weighted by molar-refractivity contribution is -0.115. The van der Waals surface area contributed by atoms with Crippen LogP contribution >= 0.6 is 0 Å². The van der Waals surface area contributed by atoms with Crippen LogP contribution in [0.2, 0.25) is 0 Å². The third kappa shape index (κ3) is 4.49. The molecule has 2 aromatic carbocycles. The molecule has 2 heterocycles. The van der Waals surface area contributed by atoms with Gasteiger partial charge in [-0.25, -0.2) is 4.39 Å². The number of tetrazole rings is 1. The summed E-state index contributed by atoms with van der Waals surface area (Å²) in [6, 6.07) is 19.1. The van der Waals surface area contributed by atoms with Crippen molar-refractivity contribution in [3.05, 3.63) is 90.1 Å². The molecule has 1 N–H and O–H groups in total. The Morgan fingerprint density at radius 3 is 2.73 bits per heavy atom. The van der Waals surface area contributed by atoms with E-state index in [1.54, 1.807) is 24.3 Å². The van der Waals surface area contributed by atoms with Crippen molar-refractivity contribution >= 4 is 17.7 Å². The second kappa shape index (κ2) is 8.95. The highest BCUT2D eigenvalue weighted by Gasteiger charge is 2.19. The lowest BCUT2D eigenvalue weighted by Crippen LogP contribution is -2.29. The number of benzene rings is 2. The average molecular weight is 403 g/mol. The predicted octanol–water partition coefficient (Wildman–Crippen LogP) is 3.43. The van der Waals surface area contributed by atoms with Crippen molar-refractivity contribution in [2.45, 2.75) is 6.42 Å². The Kier molecular flexibility index (Phi) is 5.75. The van der Waals surface area contributed by atoms with E-state index in [9.17, 15) is 9.18 Å². The molecule has 4 rings (SSSR count). The quantitative estimate of drug-likeness (QED) is 0.478. The van der Waals surface area contributed by atoms with E-state index in [2.05, 4.69) is 20.8 Å². The Morgan fingerprint density at radius 1 is 1.10 bits per heavy atom. The molecule has 0 bridgehead atoms. The maximum absolute atomic E-state index is 13.4. The number of carbonyl (C=O) groups is 1. The molecule has 150 valence electrons. The van der Waals surface area contributed by atoms with E-state index in [0.717, 1.165) is 11.1 Å². The van der Waals surface area contributed by atoms with Crippen molar-refractivity contribution in [1.82, 2.24) is 25.5 Å². The van der Waals surface area contributed by atoms with Crippen molar-refractivity contribution in [2.75, 3.05) is 6.54 Å². The second-order valence-electron chi connectivity index (χ2n) is 6.46. The summed E-state index contributed by atoms with van der Waals surface area (Å²) >= 11 is 0. The molecule has 0 aliphatic carbocycles. The van der Waals surface area contributed by atoms with Gasteiger partial charge < -0.3 is 9.73 Å². The molecule has 1 amide bonds. The van der Waals surface area contributed by atoms with Gasteiger partial charge in [0.05, 0.1) is 6.26 Å². The van der Waals surface area contributed by atoms with Crippen molar-refractivity contribution in [2.24, 2.45) is 0 Å². The summed E-state index contributed by atoms with van der Waals surface area (Å²) in [6.07, 6.45) is 3.57. The van der Waals surface area contributed by atoms with Gasteiger partial charge in [0, 0.05) is 18.2 Å². The Hall–Kier alpha value is -4.07. The summed E-state index contributed by atoms with van der Waals surface area (Å²) in [5.74, 6) is 0.221. The van der Waals surface area contributed by atoms with E-state index in [0.29, 0.717) is 24.6 Å². The van der Waals surface area contributed by atoms with Crippen molar-refractivity contribution < 1.29 is 13.6 Å². The van der Waals surface area contributed by atoms with Crippen LogP contribution in [0.3, 0.4) is 0 Å². The van der Waals surface area contributed by atoms with Crippen molar-refractivity contribution in [3.63, 3.8) is 0 Å². The monoisotopic (exact) mass is 403 g/mol. The first kappa shape index (κ1) is 19.3. The zero-order valence-corrected chi connectivity index (χ0v) is 15.9. The molecular formula is C22H18FN5O2. The molecule has 0 aliphatic rings. The molecule has 30 heavy (non-hydrogen) atoms. The van der Waals surface area contributed by atoms with E-state index in [1.807, 2.05) is 36.4 Å². The van der Waals surface area contributed by atoms with E-state index in [-0.39, 0.29) is 17.4 Å². The highest BCUT2D eigenvalue weighted by atomic mass is 19.1. The lowest BCUT2D eigenvalue weighted by Gasteiger charge is -2.10. The highest BCUT2D eigenvalue weighted by Crippen LogP contribution is 2.20. The van der Waals surface area contributed by atoms with Gasteiger partial charge in [-0.1, -0.05) is 42.5 Å². The molecule has 0 spiro atoms. The van der Waals surface area contributed by atoms with Gasteiger partial charge in [0.25, 0.3) is 5.91 Å². The molecule has 2 aromatic heterocycles. The third-order valence-corrected chi connectivity index (χ3v) is 4.37. The number of nitrogens with one attached hydrogen (secondary N) is 1. The molecule has 0 atom stereocenters. The number of furan rings is 1. The van der Waals surface area contributed by atoms with Gasteiger partial charge in [-0.3, -0.25) is 4.79 Å². The van der Waals surface area contributed by atoms with E-state index < -0.39 is 0 Å². The molecule has 0 saturated carbocycles. The number of amides is 1. The van der Waals surface area contributed by atoms with Crippen LogP contribution in [0, 0.1) is 5.82 Å². The number of aromatic nitrogens is 4. The highest BCUT2D eigenvalue weighted by molar-refractivity contribution is 6.18. The molecule has 0 radical (unpaired) electrons. The largest absolute Gasteiger partial charge is 0.465 e. The van der Waals surface area contributed by atoms with Gasteiger partial charge in [0.1, 0.15) is 17.3 Å². The van der Waals surface area contributed by atoms with Crippen LogP contribution in [0.25, 0.3) is 23.2 Å². The zero-order chi connectivity index (χ0) is 20.8. The third-order valence-electron chi connectivity index (χ3n) is 4.37. The minimum Gasteiger partial charge on any atom is -0.465 e. The lowest BCUT2D eigenvalue weighted by atomic mass is 10.1. The van der Waals surface area contributed by atoms with Crippen LogP contribution in [0.5, 0.6) is 0 Å². The van der Waals surface area contributed by atoms with Crippen LogP contribution in [-0.4, -0.2) is 32.7 Å². The standard InChI is InChI=1S/C22H18FN5O2/c23-18-9-4-6-16(14-18)11-12-24-22(29)20(15-19-10-5-13-30-19)28-21(25-26-27-28)17-7-2-1-3-8-17/h1-10,13-15H,11-12H2,(H,24,29)/b20-15+. The first-order valence-electron chi connectivity index (χ1n) is 9.33. The fourth-order valence-electron chi connectivity index (χ4n) is 2.95. The summed E-state index contributed by atoms with van der Waals surface area (Å²) in [4.78, 5) is 13.0. The summed E-state index contributed by atoms with van der Waals surface area (Å²) in [6.45, 7) is 0.320. The molecule has 4 aromatic rings. The maximum Gasteiger partial charge on any atom is 0.270 e. The molecule has 7 nitrogen and oxygen atoms in total. The number of halogens is 1. The van der Waals surface area contributed by atoms with Crippen LogP contribution in [0.1, 0.15) is 11.3 Å². The first-order valence-corrected chi connectivity index (χ1v) is 9.33. The topological polar surface area (TPSA) is 85.8 Å². The van der Waals surface area contributed by atoms with Gasteiger partial charge in [0.2, 0.25) is 0 Å². The molecule has 0 unspecified atom stereocenters. The summed E-state index contributed by atoms with van der Waals surface area (Å²) in [5, 5.41) is 14.7. The van der Waals surface area contributed by atoms with E-state index in [1.165, 1.54) is 23.1 Å². The number of carbonyl (C=O) groups excluding carboxylic acids is 1. The first-order chi connectivity index (χ1) is 14.7. The van der Waals surface area contributed by atoms with Gasteiger partial charge in [0.15, 0.2) is 5.82 Å². The van der Waals surface area contributed by atoms with Crippen LogP contribution in [0.15, 0.2) is 77.4 Å². The predicted molar refractivity (Wildman–Crippen MR) is 109 cm³/mol. The Morgan fingerprint density at radius 2 is 1.97 bits per heavy atom. The fraction of sp³-hybridized carbons (Fsp3) is 0.0909. The minimum absolute atomic E-state index is 0.202. The average Bonchev–Trinajstić information content (AvgIpc) is 3.44. The van der Waals surface area contributed by atoms with Crippen LogP contribution in [0.4, 0.5) is 4.39 Å². The number of hydrogen-bond acceptors (Lipinski definition) is 5. The smallest absolute Gasteiger partial charge is 0.270 e. The Bertz CT molecular complexity index is 1150. The van der Waals surface area contributed by atoms with Crippen molar-refractivity contribution in [1.29, 1.82) is 0 Å². The van der Waals surface area contributed by atoms with Gasteiger partial charge in [-0.2, -0.15) is 4.68 Å². The molecule has 8 heteroatoms. The Labute approximate surface area is 171 Å². The second-order valence-corrected chi connectivity index (χ2v) is 6.46. The van der Waals surface area contributed by atoms with E-state index >= 15 is 0 Å². The number of hydrogen-bond donors (Lipinski definition) is 1. The van der Waals surface area contributed by atoms with Gasteiger partial charge >= 0.3 is 0 Å². The van der Waals surface area contributed by atoms with Crippen molar-refractivity contribution in [3.8, 4) is 11.4 Å². The number of nitrogens with zero attached hydrogens (tertiary/aromatic N) is 4. The Balaban J connectivity index is 1.59. The van der Waals surface area contributed by atoms with Gasteiger partial charge in [-0.05, 0) is 46.7 Å². The SMILES string of the molecule is O=C(NCCc1cccc(F)c1)/C(=C\c1ccco1)n1nnnc1-c1ccccc1. The fourth-order valence-corrected chi connectivity index (χ4v) is 2.95. The zero-order valence-electron chi connectivity index (χ0n) is 15.9. The molecule has 0 saturated heterocycles. The molecule has 0 fully saturated rings. The van der Waals surface area contributed by atoms with Crippen LogP contribution in [-0.2, 0) is 11.2 Å².